The number of benzene rings is 3. The average Bonchev–Trinajstić information content (AvgIpc) is 2.74. The molecule has 3 heteroatoms. The largest absolute Gasteiger partial charge is 0.262 e. The zero-order chi connectivity index (χ0) is 18.6. The van der Waals surface area contributed by atoms with E-state index in [1.165, 1.54) is 51.7 Å². The lowest BCUT2D eigenvalue weighted by Gasteiger charge is -2.26. The van der Waals surface area contributed by atoms with Crippen LogP contribution < -0.4 is 0 Å². The molecule has 27 heavy (non-hydrogen) atoms. The molecule has 1 atom stereocenters. The van der Waals surface area contributed by atoms with Crippen LogP contribution in [0.1, 0.15) is 43.2 Å². The summed E-state index contributed by atoms with van der Waals surface area (Å²) in [6, 6.07) is 15.8. The van der Waals surface area contributed by atoms with Gasteiger partial charge in [0.25, 0.3) is 0 Å². The maximum absolute atomic E-state index is 3.72. The highest BCUT2D eigenvalue weighted by Crippen LogP contribution is 2.41. The molecule has 136 valence electrons. The number of aryl methyl sites for hydroxylation is 1. The standard InChI is InChI=1S/C20H19Br.C4H4N2/c1-2-13-5-3-6-14-9-10-16-15-7-4-8-19(21)17(15)11-12-18(16)20(13)14;1-2-6-4-3-5-1/h4,7-13H,2-3,5-6H2,1H3;1-4H/t13-;/m1./s1. The van der Waals surface area contributed by atoms with Crippen molar-refractivity contribution in [2.75, 3.05) is 0 Å². The first-order valence-electron chi connectivity index (χ1n) is 9.62. The van der Waals surface area contributed by atoms with Crippen LogP contribution >= 0.6 is 15.9 Å². The highest BCUT2D eigenvalue weighted by Gasteiger charge is 2.21. The molecule has 2 nitrogen and oxygen atoms in total. The van der Waals surface area contributed by atoms with Crippen LogP contribution in [0.5, 0.6) is 0 Å². The van der Waals surface area contributed by atoms with E-state index in [-0.39, 0.29) is 0 Å². The van der Waals surface area contributed by atoms with Gasteiger partial charge in [-0.3, -0.25) is 9.97 Å². The summed E-state index contributed by atoms with van der Waals surface area (Å²) < 4.78 is 1.19. The fraction of sp³-hybridized carbons (Fsp3) is 0.250. The number of aromatic nitrogens is 2. The maximum atomic E-state index is 3.72. The Morgan fingerprint density at radius 2 is 1.52 bits per heavy atom. The molecule has 0 saturated heterocycles. The van der Waals surface area contributed by atoms with Crippen LogP contribution in [0.3, 0.4) is 0 Å². The lowest BCUT2D eigenvalue weighted by molar-refractivity contribution is 0.544. The van der Waals surface area contributed by atoms with Gasteiger partial charge in [-0.05, 0) is 70.3 Å². The summed E-state index contributed by atoms with van der Waals surface area (Å²) in [7, 11) is 0. The van der Waals surface area contributed by atoms with Gasteiger partial charge in [-0.1, -0.05) is 59.3 Å². The number of halogens is 1. The second-order valence-electron chi connectivity index (χ2n) is 7.03. The molecule has 3 aromatic carbocycles. The van der Waals surface area contributed by atoms with E-state index in [9.17, 15) is 0 Å². The molecular weight excluding hydrogens is 396 g/mol. The van der Waals surface area contributed by atoms with Gasteiger partial charge < -0.3 is 0 Å². The van der Waals surface area contributed by atoms with Crippen molar-refractivity contribution >= 4 is 37.5 Å². The molecule has 0 radical (unpaired) electrons. The Balaban J connectivity index is 0.000000257. The first kappa shape index (κ1) is 18.1. The molecule has 1 heterocycles. The van der Waals surface area contributed by atoms with E-state index in [0.717, 1.165) is 5.92 Å². The van der Waals surface area contributed by atoms with Crippen molar-refractivity contribution in [3.05, 3.63) is 82.9 Å². The summed E-state index contributed by atoms with van der Waals surface area (Å²) in [5.74, 6) is 0.738. The monoisotopic (exact) mass is 418 g/mol. The minimum Gasteiger partial charge on any atom is -0.262 e. The topological polar surface area (TPSA) is 25.8 Å². The molecule has 0 spiro atoms. The van der Waals surface area contributed by atoms with Gasteiger partial charge in [-0.15, -0.1) is 0 Å². The summed E-state index contributed by atoms with van der Waals surface area (Å²) in [6.07, 6.45) is 11.7. The Morgan fingerprint density at radius 1 is 0.852 bits per heavy atom. The van der Waals surface area contributed by atoms with Crippen LogP contribution in [0.4, 0.5) is 0 Å². The van der Waals surface area contributed by atoms with Gasteiger partial charge in [0.15, 0.2) is 0 Å². The van der Waals surface area contributed by atoms with E-state index in [1.54, 1.807) is 35.9 Å². The van der Waals surface area contributed by atoms with Crippen LogP contribution in [0.25, 0.3) is 21.5 Å². The minimum atomic E-state index is 0.738. The van der Waals surface area contributed by atoms with Crippen LogP contribution in [-0.4, -0.2) is 9.97 Å². The van der Waals surface area contributed by atoms with Crippen LogP contribution in [0.15, 0.2) is 71.7 Å². The molecule has 0 amide bonds. The molecule has 0 bridgehead atoms. The number of hydrogen-bond donors (Lipinski definition) is 0. The Hall–Kier alpha value is -2.26. The van der Waals surface area contributed by atoms with E-state index in [0.29, 0.717) is 0 Å². The smallest absolute Gasteiger partial charge is 0.0451 e. The van der Waals surface area contributed by atoms with E-state index >= 15 is 0 Å². The Labute approximate surface area is 168 Å². The Bertz CT molecular complexity index is 1030. The second kappa shape index (κ2) is 8.18. The lowest BCUT2D eigenvalue weighted by Crippen LogP contribution is -2.09. The number of rotatable bonds is 1. The van der Waals surface area contributed by atoms with Crippen molar-refractivity contribution in [3.63, 3.8) is 0 Å². The third kappa shape index (κ3) is 3.61. The Kier molecular flexibility index (Phi) is 5.49. The normalized spacial score (nSPS) is 15.9. The summed E-state index contributed by atoms with van der Waals surface area (Å²) >= 11 is 3.68. The van der Waals surface area contributed by atoms with Gasteiger partial charge in [-0.25, -0.2) is 0 Å². The quantitative estimate of drug-likeness (QED) is 0.309. The molecule has 0 unspecified atom stereocenters. The van der Waals surface area contributed by atoms with Crippen LogP contribution in [0, 0.1) is 0 Å². The molecule has 5 rings (SSSR count). The Morgan fingerprint density at radius 3 is 2.22 bits per heavy atom. The third-order valence-electron chi connectivity index (χ3n) is 5.51. The number of fused-ring (bicyclic) bond motifs is 5. The van der Waals surface area contributed by atoms with E-state index in [4.69, 9.17) is 0 Å². The molecule has 0 fully saturated rings. The van der Waals surface area contributed by atoms with Crippen molar-refractivity contribution < 1.29 is 0 Å². The molecular formula is C24H23BrN2. The molecule has 0 aliphatic heterocycles. The van der Waals surface area contributed by atoms with E-state index in [1.807, 2.05) is 0 Å². The van der Waals surface area contributed by atoms with Crippen molar-refractivity contribution in [2.45, 2.75) is 38.5 Å². The minimum absolute atomic E-state index is 0.738. The molecule has 0 N–H and O–H groups in total. The first-order valence-corrected chi connectivity index (χ1v) is 10.4. The maximum Gasteiger partial charge on any atom is 0.0451 e. The second-order valence-corrected chi connectivity index (χ2v) is 7.88. The summed E-state index contributed by atoms with van der Waals surface area (Å²) in [6.45, 7) is 2.33. The van der Waals surface area contributed by atoms with Gasteiger partial charge >= 0.3 is 0 Å². The van der Waals surface area contributed by atoms with Gasteiger partial charge in [0, 0.05) is 29.3 Å². The highest BCUT2D eigenvalue weighted by molar-refractivity contribution is 9.10. The predicted molar refractivity (Wildman–Crippen MR) is 117 cm³/mol. The third-order valence-corrected chi connectivity index (χ3v) is 6.21. The lowest BCUT2D eigenvalue weighted by atomic mass is 9.78. The van der Waals surface area contributed by atoms with Gasteiger partial charge in [0.2, 0.25) is 0 Å². The molecule has 4 aromatic rings. The predicted octanol–water partition coefficient (Wildman–Crippen LogP) is 7.06. The van der Waals surface area contributed by atoms with Crippen molar-refractivity contribution in [1.29, 1.82) is 0 Å². The molecule has 1 aliphatic carbocycles. The van der Waals surface area contributed by atoms with Gasteiger partial charge in [-0.2, -0.15) is 0 Å². The average molecular weight is 419 g/mol. The molecule has 1 aliphatic rings. The van der Waals surface area contributed by atoms with Gasteiger partial charge in [0.1, 0.15) is 0 Å². The van der Waals surface area contributed by atoms with Gasteiger partial charge in [0.05, 0.1) is 0 Å². The van der Waals surface area contributed by atoms with Crippen molar-refractivity contribution in [3.8, 4) is 0 Å². The number of hydrogen-bond acceptors (Lipinski definition) is 2. The van der Waals surface area contributed by atoms with Crippen LogP contribution in [-0.2, 0) is 6.42 Å². The molecule has 1 aromatic heterocycles. The van der Waals surface area contributed by atoms with Crippen LogP contribution in [0.2, 0.25) is 0 Å². The zero-order valence-corrected chi connectivity index (χ0v) is 17.1. The van der Waals surface area contributed by atoms with E-state index in [2.05, 4.69) is 75.3 Å². The summed E-state index contributed by atoms with van der Waals surface area (Å²) in [4.78, 5) is 7.44. The molecule has 0 saturated carbocycles. The zero-order valence-electron chi connectivity index (χ0n) is 15.5. The SMILES string of the molecule is CC[C@@H]1CCCc2ccc3c(ccc4c(Br)cccc43)c21.c1cnccn1. The van der Waals surface area contributed by atoms with Crippen molar-refractivity contribution in [1.82, 2.24) is 9.97 Å². The van der Waals surface area contributed by atoms with E-state index < -0.39 is 0 Å². The fourth-order valence-electron chi connectivity index (χ4n) is 4.25. The van der Waals surface area contributed by atoms with Crippen molar-refractivity contribution in [2.24, 2.45) is 0 Å². The first-order chi connectivity index (χ1) is 13.3. The highest BCUT2D eigenvalue weighted by atomic mass is 79.9. The summed E-state index contributed by atoms with van der Waals surface area (Å²) in [5.41, 5.74) is 3.21. The fourth-order valence-corrected chi connectivity index (χ4v) is 4.75. The number of nitrogens with zero attached hydrogens (tertiary/aromatic N) is 2. The summed E-state index contributed by atoms with van der Waals surface area (Å²) in [5, 5.41) is 5.57.